The Labute approximate surface area is 506 Å². The highest BCUT2D eigenvalue weighted by atomic mass is 16.6. The maximum absolute atomic E-state index is 12.9. The highest BCUT2D eigenvalue weighted by molar-refractivity contribution is 5.71. The molecule has 1 unspecified atom stereocenters. The lowest BCUT2D eigenvalue weighted by molar-refractivity contribution is -0.167. The first-order chi connectivity index (χ1) is 40.5. The lowest BCUT2D eigenvalue weighted by Gasteiger charge is -2.18. The van der Waals surface area contributed by atoms with Gasteiger partial charge in [0.05, 0.1) is 0 Å². The quantitative estimate of drug-likeness (QED) is 0.0261. The summed E-state index contributed by atoms with van der Waals surface area (Å²) in [6, 6.07) is 0. The molecule has 6 heteroatoms. The van der Waals surface area contributed by atoms with Crippen LogP contribution in [0.3, 0.4) is 0 Å². The number of esters is 3. The van der Waals surface area contributed by atoms with Crippen LogP contribution in [0.5, 0.6) is 0 Å². The molecule has 0 aliphatic carbocycles. The molecule has 0 aromatic heterocycles. The molecule has 466 valence electrons. The fourth-order valence-electron chi connectivity index (χ4n) is 9.36. The van der Waals surface area contributed by atoms with Crippen LogP contribution in [0.1, 0.15) is 310 Å². The Morgan fingerprint density at radius 3 is 0.756 bits per heavy atom. The van der Waals surface area contributed by atoms with E-state index in [0.717, 1.165) is 135 Å². The van der Waals surface area contributed by atoms with Crippen molar-refractivity contribution in [3.8, 4) is 0 Å². The molecule has 1 atom stereocenters. The lowest BCUT2D eigenvalue weighted by Crippen LogP contribution is -2.30. The molecule has 0 amide bonds. The van der Waals surface area contributed by atoms with Crippen LogP contribution < -0.4 is 0 Å². The number of unbranched alkanes of at least 4 members (excludes halogenated alkanes) is 28. The molecule has 0 aliphatic heterocycles. The SMILES string of the molecule is CC/C=C\C/C=C\C/C=C\C/C=C\C/C=C\C/C=C\CCCCCCCCCCCCCCC(=O)OCC(COC(=O)CCCCCCCCCCCCCCCC)OC(=O)CCCCC/C=C\C/C=C\C/C=C\C/C=C\C/C=C\CC. The highest BCUT2D eigenvalue weighted by Crippen LogP contribution is 2.16. The Hall–Kier alpha value is -4.45. The number of hydrogen-bond acceptors (Lipinski definition) is 6. The summed E-state index contributed by atoms with van der Waals surface area (Å²) in [6.45, 7) is 6.41. The molecular weight excluding hydrogens is 1010 g/mol. The largest absolute Gasteiger partial charge is 0.462 e. The molecule has 0 saturated carbocycles. The first-order valence-electron chi connectivity index (χ1n) is 34.2. The molecule has 0 aromatic rings. The van der Waals surface area contributed by atoms with Crippen molar-refractivity contribution in [2.75, 3.05) is 13.2 Å². The van der Waals surface area contributed by atoms with Gasteiger partial charge >= 0.3 is 17.9 Å². The number of allylic oxidation sites excluding steroid dienone is 22. The molecule has 0 rings (SSSR count). The van der Waals surface area contributed by atoms with E-state index in [-0.39, 0.29) is 37.5 Å². The number of carbonyl (C=O) groups excluding carboxylic acids is 3. The van der Waals surface area contributed by atoms with Gasteiger partial charge in [-0.3, -0.25) is 14.4 Å². The Kier molecular flexibility index (Phi) is 65.3. The third-order valence-corrected chi connectivity index (χ3v) is 14.4. The van der Waals surface area contributed by atoms with E-state index < -0.39 is 6.10 Å². The van der Waals surface area contributed by atoms with Crippen molar-refractivity contribution < 1.29 is 28.6 Å². The molecule has 0 fully saturated rings. The van der Waals surface area contributed by atoms with Crippen LogP contribution in [0.25, 0.3) is 0 Å². The van der Waals surface area contributed by atoms with Crippen LogP contribution in [0.15, 0.2) is 134 Å². The molecule has 0 aromatic carbocycles. The lowest BCUT2D eigenvalue weighted by atomic mass is 10.0. The second-order valence-electron chi connectivity index (χ2n) is 22.3. The van der Waals surface area contributed by atoms with E-state index in [9.17, 15) is 14.4 Å². The van der Waals surface area contributed by atoms with E-state index in [2.05, 4.69) is 154 Å². The zero-order chi connectivity index (χ0) is 59.2. The Morgan fingerprint density at radius 1 is 0.256 bits per heavy atom. The average Bonchev–Trinajstić information content (AvgIpc) is 3.47. The topological polar surface area (TPSA) is 78.9 Å². The van der Waals surface area contributed by atoms with E-state index in [4.69, 9.17) is 14.2 Å². The highest BCUT2D eigenvalue weighted by Gasteiger charge is 2.19. The summed E-state index contributed by atoms with van der Waals surface area (Å²) in [4.78, 5) is 38.4. The minimum Gasteiger partial charge on any atom is -0.462 e. The van der Waals surface area contributed by atoms with Crippen LogP contribution in [-0.2, 0) is 28.6 Å². The van der Waals surface area contributed by atoms with Gasteiger partial charge in [-0.15, -0.1) is 0 Å². The van der Waals surface area contributed by atoms with Gasteiger partial charge in [-0.1, -0.05) is 309 Å². The molecule has 82 heavy (non-hydrogen) atoms. The van der Waals surface area contributed by atoms with Crippen molar-refractivity contribution in [3.63, 3.8) is 0 Å². The maximum Gasteiger partial charge on any atom is 0.306 e. The second kappa shape index (κ2) is 69.0. The molecule has 0 heterocycles. The predicted octanol–water partition coefficient (Wildman–Crippen LogP) is 23.7. The van der Waals surface area contributed by atoms with E-state index in [1.807, 2.05) is 0 Å². The smallest absolute Gasteiger partial charge is 0.306 e. The second-order valence-corrected chi connectivity index (χ2v) is 22.3. The van der Waals surface area contributed by atoms with Crippen LogP contribution >= 0.6 is 0 Å². The number of hydrogen-bond donors (Lipinski definition) is 0. The third kappa shape index (κ3) is 66.4. The van der Waals surface area contributed by atoms with E-state index in [0.29, 0.717) is 12.8 Å². The zero-order valence-corrected chi connectivity index (χ0v) is 53.5. The van der Waals surface area contributed by atoms with Crippen molar-refractivity contribution in [2.45, 2.75) is 316 Å². The Bertz CT molecular complexity index is 1730. The van der Waals surface area contributed by atoms with Crippen molar-refractivity contribution in [1.82, 2.24) is 0 Å². The summed E-state index contributed by atoms with van der Waals surface area (Å²) in [5, 5.41) is 0. The van der Waals surface area contributed by atoms with Crippen molar-refractivity contribution in [1.29, 1.82) is 0 Å². The van der Waals surface area contributed by atoms with Crippen LogP contribution in [-0.4, -0.2) is 37.2 Å². The minimum atomic E-state index is -0.800. The van der Waals surface area contributed by atoms with Crippen LogP contribution in [0, 0.1) is 0 Å². The predicted molar refractivity (Wildman–Crippen MR) is 357 cm³/mol. The van der Waals surface area contributed by atoms with Gasteiger partial charge in [-0.25, -0.2) is 0 Å². The van der Waals surface area contributed by atoms with E-state index in [1.54, 1.807) is 0 Å². The zero-order valence-electron chi connectivity index (χ0n) is 53.5. The number of rotatable bonds is 61. The van der Waals surface area contributed by atoms with E-state index >= 15 is 0 Å². The van der Waals surface area contributed by atoms with Gasteiger partial charge in [0.1, 0.15) is 13.2 Å². The van der Waals surface area contributed by atoms with Crippen molar-refractivity contribution in [3.05, 3.63) is 134 Å². The van der Waals surface area contributed by atoms with Crippen LogP contribution in [0.2, 0.25) is 0 Å². The number of ether oxygens (including phenoxy) is 3. The van der Waals surface area contributed by atoms with Gasteiger partial charge in [0.2, 0.25) is 0 Å². The van der Waals surface area contributed by atoms with Gasteiger partial charge in [-0.2, -0.15) is 0 Å². The summed E-state index contributed by atoms with van der Waals surface area (Å²) in [6.07, 6.45) is 97.5. The van der Waals surface area contributed by atoms with Gasteiger partial charge in [0.25, 0.3) is 0 Å². The molecule has 0 spiro atoms. The molecular formula is C76H126O6. The first kappa shape index (κ1) is 77.5. The standard InChI is InChI=1S/C76H126O6/c1-4-7-10-13-16-19-22-25-28-30-32-33-34-35-36-37-38-39-40-41-42-43-45-46-48-51-54-57-60-63-66-69-75(78)81-72-73(71-80-74(77)68-65-62-59-56-53-50-27-24-21-18-15-12-9-6-3)82-76(79)70-67-64-61-58-55-52-49-47-44-31-29-26-23-20-17-14-11-8-5-2/h7-8,10-11,16-17,19-20,25-26,28-29,32-33,35-36,38-39,44,47,52,55,73H,4-6,9,12-15,18,21-24,27,30-31,34,37,40-43,45-46,48-51,53-54,56-72H2,1-3H3/b10-7-,11-8-,19-16-,20-17-,28-25-,29-26-,33-32-,36-35-,39-38-,47-44-,55-52-. The fraction of sp³-hybridized carbons (Fsp3) is 0.671. The molecule has 0 aliphatic rings. The van der Waals surface area contributed by atoms with E-state index in [1.165, 1.54) is 135 Å². The molecule has 0 N–H and O–H groups in total. The number of carbonyl (C=O) groups is 3. The van der Waals surface area contributed by atoms with Gasteiger partial charge in [0, 0.05) is 19.3 Å². The van der Waals surface area contributed by atoms with Gasteiger partial charge < -0.3 is 14.2 Å². The minimum absolute atomic E-state index is 0.0917. The summed E-state index contributed by atoms with van der Waals surface area (Å²) in [7, 11) is 0. The van der Waals surface area contributed by atoms with Gasteiger partial charge in [0.15, 0.2) is 6.10 Å². The first-order valence-corrected chi connectivity index (χ1v) is 34.2. The normalized spacial score (nSPS) is 13.0. The Balaban J connectivity index is 4.32. The molecule has 0 bridgehead atoms. The summed E-state index contributed by atoms with van der Waals surface area (Å²) >= 11 is 0. The van der Waals surface area contributed by atoms with Crippen molar-refractivity contribution >= 4 is 17.9 Å². The summed E-state index contributed by atoms with van der Waals surface area (Å²) in [5.74, 6) is -0.918. The maximum atomic E-state index is 12.9. The average molecular weight is 1140 g/mol. The van der Waals surface area contributed by atoms with Crippen molar-refractivity contribution in [2.24, 2.45) is 0 Å². The fourth-order valence-corrected chi connectivity index (χ4v) is 9.36. The molecule has 0 radical (unpaired) electrons. The monoisotopic (exact) mass is 1130 g/mol. The third-order valence-electron chi connectivity index (χ3n) is 14.4. The Morgan fingerprint density at radius 2 is 0.476 bits per heavy atom. The summed E-state index contributed by atoms with van der Waals surface area (Å²) < 4.78 is 16.9. The summed E-state index contributed by atoms with van der Waals surface area (Å²) in [5.41, 5.74) is 0. The van der Waals surface area contributed by atoms with Gasteiger partial charge in [-0.05, 0) is 116 Å². The molecule has 0 saturated heterocycles. The molecule has 6 nitrogen and oxygen atoms in total. The van der Waals surface area contributed by atoms with Crippen LogP contribution in [0.4, 0.5) is 0 Å².